The molecule has 3 rings (SSSR count). The maximum atomic E-state index is 13.8. The number of hydrogen-bond donors (Lipinski definition) is 11. The van der Waals surface area contributed by atoms with Gasteiger partial charge in [-0.25, -0.2) is 25.2 Å². The zero-order valence-electron chi connectivity index (χ0n) is 33.4. The molecule has 0 spiro atoms. The number of rotatable bonds is 27. The van der Waals surface area contributed by atoms with Crippen molar-refractivity contribution < 1.29 is 53.7 Å². The van der Waals surface area contributed by atoms with Crippen LogP contribution in [0.4, 0.5) is 10.6 Å². The predicted octanol–water partition coefficient (Wildman–Crippen LogP) is 1.08. The molecule has 61 heavy (non-hydrogen) atoms. The molecule has 0 saturated carbocycles. The van der Waals surface area contributed by atoms with Crippen molar-refractivity contribution in [1.82, 2.24) is 36.9 Å². The third-order valence-corrected chi connectivity index (χ3v) is 9.20. The van der Waals surface area contributed by atoms with Crippen LogP contribution in [0.25, 0.3) is 0 Å². The Balaban J connectivity index is 1.45. The van der Waals surface area contributed by atoms with Crippen LogP contribution in [-0.4, -0.2) is 105 Å². The number of anilines is 1. The number of benzene rings is 2. The maximum absolute atomic E-state index is 13.8. The van der Waals surface area contributed by atoms with Gasteiger partial charge in [0.05, 0.1) is 12.0 Å². The molecule has 1 aromatic heterocycles. The summed E-state index contributed by atoms with van der Waals surface area (Å²) in [6.07, 6.45) is 3.32. The average Bonchev–Trinajstić information content (AvgIpc) is 3.23. The number of carboxylic acids is 3. The third kappa shape index (κ3) is 18.6. The van der Waals surface area contributed by atoms with Gasteiger partial charge in [0.25, 0.3) is 5.91 Å². The van der Waals surface area contributed by atoms with Crippen molar-refractivity contribution >= 4 is 53.4 Å². The Morgan fingerprint density at radius 2 is 1.16 bits per heavy atom. The van der Waals surface area contributed by atoms with Gasteiger partial charge >= 0.3 is 23.9 Å². The molecule has 2 aromatic carbocycles. The number of pyridine rings is 1. The van der Waals surface area contributed by atoms with Gasteiger partial charge in [-0.3, -0.25) is 24.0 Å². The number of nitrogens with zero attached hydrogens (tertiary/aromatic N) is 1. The van der Waals surface area contributed by atoms with E-state index in [9.17, 15) is 43.5 Å². The minimum atomic E-state index is -1.74. The van der Waals surface area contributed by atoms with E-state index in [4.69, 9.17) is 16.1 Å². The first-order valence-corrected chi connectivity index (χ1v) is 19.7. The zero-order chi connectivity index (χ0) is 44.6. The number of carbonyl (C=O) groups excluding carboxylic acids is 5. The van der Waals surface area contributed by atoms with E-state index in [2.05, 4.69) is 37.0 Å². The van der Waals surface area contributed by atoms with Crippen molar-refractivity contribution in [1.29, 1.82) is 0 Å². The SMILES string of the molecule is NNc1ccc(C(=O)N[C@H](Cc2ccccc2)C(=O)N[C@H](Cc2ccccc2)C(=O)NCCCCCC(=O)NCCCC[C@H](NC(=O)N[C@H](CC(=O)O)C(=O)O)C(=O)O)cn1. The number of nitrogens with two attached hydrogens (primary N) is 1. The van der Waals surface area contributed by atoms with Gasteiger partial charge in [0.1, 0.15) is 30.0 Å². The third-order valence-electron chi connectivity index (χ3n) is 9.20. The molecule has 20 nitrogen and oxygen atoms in total. The number of aliphatic carboxylic acids is 3. The Morgan fingerprint density at radius 1 is 0.590 bits per heavy atom. The minimum Gasteiger partial charge on any atom is -0.481 e. The standard InChI is InChI=1S/C41H53N9O11/c42-50-33-19-18-28(25-45-33)36(54)46-31(23-27-14-6-2-7-15-27)38(56)47-30(22-26-12-4-1-5-13-26)37(55)44-21-10-3-8-17-34(51)43-20-11-9-16-29(39(57)58)48-41(61)49-32(40(59)60)24-35(52)53/h1-2,4-7,12-15,18-19,25,29-32H,3,8-11,16-17,20-24,42H2,(H,43,51)(H,44,55)(H,45,50)(H,46,54)(H,47,56)(H,52,53)(H,57,58)(H,59,60)(H2,48,49,61)/t29-,30+,31+,32+/m0/s1. The molecule has 0 aliphatic carbocycles. The number of urea groups is 1. The molecule has 0 bridgehead atoms. The number of carboxylic acid groups (broad SMARTS) is 3. The number of hydrazine groups is 1. The molecule has 0 saturated heterocycles. The van der Waals surface area contributed by atoms with E-state index < -0.39 is 72.2 Å². The second kappa shape index (κ2) is 26.1. The number of hydrogen-bond acceptors (Lipinski definition) is 11. The Kier molecular flexibility index (Phi) is 20.7. The summed E-state index contributed by atoms with van der Waals surface area (Å²) in [5.74, 6) is -0.418. The van der Waals surface area contributed by atoms with Crippen molar-refractivity contribution in [3.8, 4) is 0 Å². The Bertz CT molecular complexity index is 1920. The summed E-state index contributed by atoms with van der Waals surface area (Å²) in [4.78, 5) is 103. The molecular weight excluding hydrogens is 795 g/mol. The highest BCUT2D eigenvalue weighted by Crippen LogP contribution is 2.10. The molecule has 12 N–H and O–H groups in total. The van der Waals surface area contributed by atoms with Crippen LogP contribution >= 0.6 is 0 Å². The van der Waals surface area contributed by atoms with Gasteiger partial charge < -0.3 is 52.6 Å². The van der Waals surface area contributed by atoms with Crippen LogP contribution in [0.2, 0.25) is 0 Å². The van der Waals surface area contributed by atoms with Gasteiger partial charge in [-0.05, 0) is 55.4 Å². The number of carbonyl (C=O) groups is 8. The molecule has 0 aliphatic rings. The molecule has 0 aliphatic heterocycles. The lowest BCUT2D eigenvalue weighted by molar-refractivity contribution is -0.145. The molecular formula is C41H53N9O11. The summed E-state index contributed by atoms with van der Waals surface area (Å²) in [5.41, 5.74) is 4.20. The lowest BCUT2D eigenvalue weighted by Gasteiger charge is -2.23. The van der Waals surface area contributed by atoms with E-state index in [-0.39, 0.29) is 50.2 Å². The maximum Gasteiger partial charge on any atom is 0.326 e. The largest absolute Gasteiger partial charge is 0.481 e. The monoisotopic (exact) mass is 847 g/mol. The number of unbranched alkanes of at least 4 members (excludes halogenated alkanes) is 3. The molecule has 328 valence electrons. The van der Waals surface area contributed by atoms with Gasteiger partial charge in [0.2, 0.25) is 17.7 Å². The molecule has 4 atom stereocenters. The second-order valence-corrected chi connectivity index (χ2v) is 14.0. The van der Waals surface area contributed by atoms with Crippen LogP contribution in [0.5, 0.6) is 0 Å². The minimum absolute atomic E-state index is 0.0250. The van der Waals surface area contributed by atoms with Gasteiger partial charge in [0, 0.05) is 38.5 Å². The van der Waals surface area contributed by atoms with Crippen molar-refractivity contribution in [2.24, 2.45) is 5.84 Å². The number of amides is 6. The smallest absolute Gasteiger partial charge is 0.326 e. The molecule has 0 radical (unpaired) electrons. The normalized spacial score (nSPS) is 12.6. The fourth-order valence-corrected chi connectivity index (χ4v) is 5.95. The Morgan fingerprint density at radius 3 is 1.72 bits per heavy atom. The summed E-state index contributed by atoms with van der Waals surface area (Å²) in [6.45, 7) is 0.522. The molecule has 1 heterocycles. The van der Waals surface area contributed by atoms with Crippen LogP contribution in [0.3, 0.4) is 0 Å². The highest BCUT2D eigenvalue weighted by Gasteiger charge is 2.29. The Labute approximate surface area is 351 Å². The first-order valence-electron chi connectivity index (χ1n) is 19.7. The van der Waals surface area contributed by atoms with E-state index >= 15 is 0 Å². The number of nitrogen functional groups attached to an aromatic ring is 1. The van der Waals surface area contributed by atoms with Crippen LogP contribution in [0.1, 0.15) is 72.9 Å². The average molecular weight is 848 g/mol. The summed E-state index contributed by atoms with van der Waals surface area (Å²) < 4.78 is 0. The fourth-order valence-electron chi connectivity index (χ4n) is 5.95. The van der Waals surface area contributed by atoms with Crippen LogP contribution in [-0.2, 0) is 41.6 Å². The van der Waals surface area contributed by atoms with E-state index in [1.54, 1.807) is 0 Å². The van der Waals surface area contributed by atoms with E-state index in [0.717, 1.165) is 11.1 Å². The molecule has 0 unspecified atom stereocenters. The highest BCUT2D eigenvalue weighted by molar-refractivity contribution is 5.98. The molecule has 20 heteroatoms. The number of aromatic nitrogens is 1. The summed E-state index contributed by atoms with van der Waals surface area (Å²) in [6, 6.07) is 15.1. The first kappa shape index (κ1) is 48.3. The fraction of sp³-hybridized carbons (Fsp3) is 0.390. The molecule has 3 aromatic rings. The van der Waals surface area contributed by atoms with Gasteiger partial charge in [-0.2, -0.15) is 0 Å². The van der Waals surface area contributed by atoms with E-state index in [1.807, 2.05) is 66.0 Å². The van der Waals surface area contributed by atoms with E-state index in [1.165, 1.54) is 18.3 Å². The summed E-state index contributed by atoms with van der Waals surface area (Å²) >= 11 is 0. The zero-order valence-corrected chi connectivity index (χ0v) is 33.4. The van der Waals surface area contributed by atoms with Crippen LogP contribution < -0.4 is 43.2 Å². The first-order chi connectivity index (χ1) is 29.2. The van der Waals surface area contributed by atoms with E-state index in [0.29, 0.717) is 37.9 Å². The van der Waals surface area contributed by atoms with Crippen molar-refractivity contribution in [3.05, 3.63) is 95.7 Å². The lowest BCUT2D eigenvalue weighted by atomic mass is 10.0. The highest BCUT2D eigenvalue weighted by atomic mass is 16.4. The van der Waals surface area contributed by atoms with Gasteiger partial charge in [0.15, 0.2) is 0 Å². The quantitative estimate of drug-likeness (QED) is 0.0291. The summed E-state index contributed by atoms with van der Waals surface area (Å²) in [5, 5.41) is 42.6. The topological polar surface area (TPSA) is 320 Å². The van der Waals surface area contributed by atoms with Crippen molar-refractivity contribution in [2.75, 3.05) is 18.5 Å². The van der Waals surface area contributed by atoms with Crippen molar-refractivity contribution in [2.45, 2.75) is 88.4 Å². The van der Waals surface area contributed by atoms with Crippen LogP contribution in [0, 0.1) is 0 Å². The Hall–Kier alpha value is -7.09. The summed E-state index contributed by atoms with van der Waals surface area (Å²) in [7, 11) is 0. The molecule has 0 fully saturated rings. The van der Waals surface area contributed by atoms with Crippen LogP contribution in [0.15, 0.2) is 79.0 Å². The number of nitrogens with one attached hydrogen (secondary N) is 7. The predicted molar refractivity (Wildman–Crippen MR) is 221 cm³/mol. The second-order valence-electron chi connectivity index (χ2n) is 14.0. The lowest BCUT2D eigenvalue weighted by Crippen LogP contribution is -2.55. The van der Waals surface area contributed by atoms with Gasteiger partial charge in [-0.15, -0.1) is 0 Å². The van der Waals surface area contributed by atoms with Crippen molar-refractivity contribution in [3.63, 3.8) is 0 Å². The molecule has 6 amide bonds. The van der Waals surface area contributed by atoms with Gasteiger partial charge in [-0.1, -0.05) is 67.1 Å².